The third-order valence-corrected chi connectivity index (χ3v) is 4.79. The number of benzene rings is 1. The minimum Gasteiger partial charge on any atom is -0.367 e. The van der Waals surface area contributed by atoms with Gasteiger partial charge >= 0.3 is 6.03 Å². The highest BCUT2D eigenvalue weighted by molar-refractivity contribution is 9.10. The second-order valence-electron chi connectivity index (χ2n) is 5.91. The van der Waals surface area contributed by atoms with Crippen molar-refractivity contribution in [3.8, 4) is 0 Å². The Bertz CT molecular complexity index is 699. The van der Waals surface area contributed by atoms with E-state index in [1.165, 1.54) is 11.3 Å². The molecule has 1 aliphatic rings. The van der Waals surface area contributed by atoms with Crippen LogP contribution >= 0.6 is 15.9 Å². The van der Waals surface area contributed by atoms with Crippen molar-refractivity contribution in [2.75, 3.05) is 31.1 Å². The second kappa shape index (κ2) is 7.66. The molecule has 0 spiro atoms. The van der Waals surface area contributed by atoms with Crippen molar-refractivity contribution in [2.24, 2.45) is 0 Å². The largest absolute Gasteiger partial charge is 0.367 e. The van der Waals surface area contributed by atoms with Gasteiger partial charge in [-0.1, -0.05) is 12.1 Å². The van der Waals surface area contributed by atoms with Crippen LogP contribution in [0.2, 0.25) is 0 Å². The quantitative estimate of drug-likeness (QED) is 0.877. The number of pyridine rings is 1. The molecule has 1 aromatic carbocycles. The molecule has 6 heteroatoms. The highest BCUT2D eigenvalue weighted by Gasteiger charge is 2.22. The van der Waals surface area contributed by atoms with Gasteiger partial charge in [-0.3, -0.25) is 4.98 Å². The van der Waals surface area contributed by atoms with Crippen molar-refractivity contribution in [3.63, 3.8) is 0 Å². The third kappa shape index (κ3) is 4.06. The smallest absolute Gasteiger partial charge is 0.317 e. The summed E-state index contributed by atoms with van der Waals surface area (Å²) >= 11 is 3.64. The standard InChI is InChI=1S/C18H21BrN4O/c1-14-5-6-17(16(19)12-14)22-8-10-23(11-9-22)18(24)21-13-15-4-2-3-7-20-15/h2-7,12H,8-11,13H2,1H3,(H,21,24). The van der Waals surface area contributed by atoms with Gasteiger partial charge in [0.15, 0.2) is 0 Å². The monoisotopic (exact) mass is 388 g/mol. The van der Waals surface area contributed by atoms with Gasteiger partial charge in [0, 0.05) is 36.8 Å². The molecule has 2 aromatic rings. The molecule has 3 rings (SSSR count). The predicted octanol–water partition coefficient (Wildman–Crippen LogP) is 3.18. The first kappa shape index (κ1) is 16.8. The van der Waals surface area contributed by atoms with Gasteiger partial charge in [-0.2, -0.15) is 0 Å². The summed E-state index contributed by atoms with van der Waals surface area (Å²) in [7, 11) is 0. The van der Waals surface area contributed by atoms with E-state index in [2.05, 4.69) is 56.3 Å². The first-order valence-electron chi connectivity index (χ1n) is 8.07. The lowest BCUT2D eigenvalue weighted by atomic mass is 10.2. The number of aryl methyl sites for hydroxylation is 1. The first-order chi connectivity index (χ1) is 11.6. The van der Waals surface area contributed by atoms with E-state index in [0.29, 0.717) is 19.6 Å². The van der Waals surface area contributed by atoms with Crippen LogP contribution in [0.3, 0.4) is 0 Å². The molecule has 5 nitrogen and oxygen atoms in total. The normalized spacial score (nSPS) is 14.6. The molecule has 1 saturated heterocycles. The molecule has 0 bridgehead atoms. The van der Waals surface area contributed by atoms with Crippen molar-refractivity contribution >= 4 is 27.6 Å². The summed E-state index contributed by atoms with van der Waals surface area (Å²) in [5, 5.41) is 2.94. The van der Waals surface area contributed by atoms with Crippen LogP contribution in [0.4, 0.5) is 10.5 Å². The lowest BCUT2D eigenvalue weighted by molar-refractivity contribution is 0.194. The number of nitrogens with zero attached hydrogens (tertiary/aromatic N) is 3. The molecule has 1 aromatic heterocycles. The number of hydrogen-bond donors (Lipinski definition) is 1. The number of hydrogen-bond acceptors (Lipinski definition) is 3. The Kier molecular flexibility index (Phi) is 5.35. The van der Waals surface area contributed by atoms with Crippen molar-refractivity contribution in [3.05, 3.63) is 58.3 Å². The zero-order valence-electron chi connectivity index (χ0n) is 13.7. The van der Waals surface area contributed by atoms with Crippen molar-refractivity contribution in [1.82, 2.24) is 15.2 Å². The van der Waals surface area contributed by atoms with Crippen LogP contribution in [0.15, 0.2) is 47.1 Å². The van der Waals surface area contributed by atoms with Crippen LogP contribution in [0.5, 0.6) is 0 Å². The second-order valence-corrected chi connectivity index (χ2v) is 6.76. The molecule has 2 amide bonds. The zero-order valence-corrected chi connectivity index (χ0v) is 15.3. The maximum Gasteiger partial charge on any atom is 0.317 e. The molecule has 1 aliphatic heterocycles. The van der Waals surface area contributed by atoms with Crippen LogP contribution in [-0.4, -0.2) is 42.1 Å². The molecule has 0 radical (unpaired) electrons. The van der Waals surface area contributed by atoms with E-state index in [1.54, 1.807) is 6.20 Å². The Morgan fingerprint density at radius 3 is 2.67 bits per heavy atom. The minimum absolute atomic E-state index is 0.0247. The number of urea groups is 1. The summed E-state index contributed by atoms with van der Waals surface area (Å²) in [6.07, 6.45) is 1.74. The fourth-order valence-electron chi connectivity index (χ4n) is 2.80. The van der Waals surface area contributed by atoms with E-state index < -0.39 is 0 Å². The van der Waals surface area contributed by atoms with E-state index in [9.17, 15) is 4.79 Å². The van der Waals surface area contributed by atoms with E-state index >= 15 is 0 Å². The number of rotatable bonds is 3. The van der Waals surface area contributed by atoms with E-state index in [1.807, 2.05) is 23.1 Å². The molecular weight excluding hydrogens is 368 g/mol. The van der Waals surface area contributed by atoms with Gasteiger partial charge in [0.05, 0.1) is 17.9 Å². The van der Waals surface area contributed by atoms with E-state index in [4.69, 9.17) is 0 Å². The zero-order chi connectivity index (χ0) is 16.9. The number of piperazine rings is 1. The van der Waals surface area contributed by atoms with Gasteiger partial charge < -0.3 is 15.1 Å². The first-order valence-corrected chi connectivity index (χ1v) is 8.86. The number of carbonyl (C=O) groups is 1. The van der Waals surface area contributed by atoms with Crippen molar-refractivity contribution in [1.29, 1.82) is 0 Å². The van der Waals surface area contributed by atoms with Crippen LogP contribution in [0.1, 0.15) is 11.3 Å². The van der Waals surface area contributed by atoms with E-state index in [-0.39, 0.29) is 6.03 Å². The highest BCUT2D eigenvalue weighted by atomic mass is 79.9. The number of halogens is 1. The maximum atomic E-state index is 12.3. The summed E-state index contributed by atoms with van der Waals surface area (Å²) in [5.74, 6) is 0. The third-order valence-electron chi connectivity index (χ3n) is 4.16. The number of carbonyl (C=O) groups excluding carboxylic acids is 1. The molecule has 126 valence electrons. The lowest BCUT2D eigenvalue weighted by Gasteiger charge is -2.36. The predicted molar refractivity (Wildman–Crippen MR) is 99.1 cm³/mol. The molecule has 0 unspecified atom stereocenters. The highest BCUT2D eigenvalue weighted by Crippen LogP contribution is 2.28. The van der Waals surface area contributed by atoms with Crippen LogP contribution in [0.25, 0.3) is 0 Å². The molecule has 0 saturated carbocycles. The average Bonchev–Trinajstić information content (AvgIpc) is 2.61. The number of anilines is 1. The molecule has 24 heavy (non-hydrogen) atoms. The molecular formula is C18H21BrN4O. The van der Waals surface area contributed by atoms with Crippen LogP contribution in [0, 0.1) is 6.92 Å². The Hall–Kier alpha value is -2.08. The molecule has 0 aliphatic carbocycles. The SMILES string of the molecule is Cc1ccc(N2CCN(C(=O)NCc3ccccn3)CC2)c(Br)c1. The summed E-state index contributed by atoms with van der Waals surface area (Å²) in [5.41, 5.74) is 3.29. The molecule has 1 N–H and O–H groups in total. The van der Waals surface area contributed by atoms with Gasteiger partial charge in [0.25, 0.3) is 0 Å². The lowest BCUT2D eigenvalue weighted by Crippen LogP contribution is -2.51. The molecule has 1 fully saturated rings. The van der Waals surface area contributed by atoms with Gasteiger partial charge in [-0.05, 0) is 52.7 Å². The Balaban J connectivity index is 1.52. The Morgan fingerprint density at radius 1 is 1.21 bits per heavy atom. The molecule has 0 atom stereocenters. The summed E-state index contributed by atoms with van der Waals surface area (Å²) in [6, 6.07) is 12.1. The van der Waals surface area contributed by atoms with E-state index in [0.717, 1.165) is 23.3 Å². The summed E-state index contributed by atoms with van der Waals surface area (Å²) in [6.45, 7) is 5.64. The van der Waals surface area contributed by atoms with Gasteiger partial charge in [0.1, 0.15) is 0 Å². The topological polar surface area (TPSA) is 48.5 Å². The molecule has 2 heterocycles. The minimum atomic E-state index is -0.0247. The number of amides is 2. The van der Waals surface area contributed by atoms with Gasteiger partial charge in [0.2, 0.25) is 0 Å². The average molecular weight is 389 g/mol. The number of nitrogens with one attached hydrogen (secondary N) is 1. The van der Waals surface area contributed by atoms with Crippen LogP contribution < -0.4 is 10.2 Å². The van der Waals surface area contributed by atoms with Crippen molar-refractivity contribution < 1.29 is 4.79 Å². The van der Waals surface area contributed by atoms with Gasteiger partial charge in [-0.25, -0.2) is 4.79 Å². The van der Waals surface area contributed by atoms with Crippen LogP contribution in [-0.2, 0) is 6.54 Å². The summed E-state index contributed by atoms with van der Waals surface area (Å²) < 4.78 is 1.11. The fraction of sp³-hybridized carbons (Fsp3) is 0.333. The number of aromatic nitrogens is 1. The maximum absolute atomic E-state index is 12.3. The van der Waals surface area contributed by atoms with Crippen molar-refractivity contribution in [2.45, 2.75) is 13.5 Å². The van der Waals surface area contributed by atoms with Gasteiger partial charge in [-0.15, -0.1) is 0 Å². The fourth-order valence-corrected chi connectivity index (χ4v) is 3.54. The Labute approximate surface area is 150 Å². The summed E-state index contributed by atoms with van der Waals surface area (Å²) in [4.78, 5) is 20.7. The Morgan fingerprint density at radius 2 is 2.00 bits per heavy atom.